The van der Waals surface area contributed by atoms with Crippen LogP contribution in [0.5, 0.6) is 0 Å². The van der Waals surface area contributed by atoms with Gasteiger partial charge in [-0.2, -0.15) is 13.2 Å². The molecule has 0 aliphatic heterocycles. The second-order valence-corrected chi connectivity index (χ2v) is 3.21. The summed E-state index contributed by atoms with van der Waals surface area (Å²) in [7, 11) is 0. The number of hydrazine groups is 1. The minimum Gasteiger partial charge on any atom is -0.326 e. The summed E-state index contributed by atoms with van der Waals surface area (Å²) in [6, 6.07) is 3.63. The Morgan fingerprint density at radius 3 is 2.39 bits per heavy atom. The van der Waals surface area contributed by atoms with Gasteiger partial charge in [0.25, 0.3) is 0 Å². The number of halogens is 3. The molecule has 0 fully saturated rings. The highest BCUT2D eigenvalue weighted by Crippen LogP contribution is 2.29. The average Bonchev–Trinajstić information content (AvgIpc) is 2.33. The van der Waals surface area contributed by atoms with Crippen LogP contribution in [0, 0.1) is 12.3 Å². The molecule has 1 rings (SSSR count). The van der Waals surface area contributed by atoms with Crippen molar-refractivity contribution in [3.8, 4) is 12.3 Å². The minimum atomic E-state index is -4.38. The number of carbonyl (C=O) groups excluding carboxylic acids is 1. The molecule has 7 heteroatoms. The molecule has 0 saturated heterocycles. The summed E-state index contributed by atoms with van der Waals surface area (Å²) >= 11 is 0. The number of nitrogens with one attached hydrogen (secondary N) is 3. The van der Waals surface area contributed by atoms with E-state index in [9.17, 15) is 18.0 Å². The zero-order valence-electron chi connectivity index (χ0n) is 9.14. The van der Waals surface area contributed by atoms with Crippen LogP contribution in [0.4, 0.5) is 23.7 Å². The third-order valence-electron chi connectivity index (χ3n) is 1.88. The standard InChI is InChI=1S/C11H10F3N3O/c1-2-7-15-10(18)17-16-9-5-3-8(4-6-9)11(12,13)14/h1,3-6,16H,7H2,(H2,15,17,18). The second-order valence-electron chi connectivity index (χ2n) is 3.21. The number of alkyl halides is 3. The number of anilines is 1. The Hall–Kier alpha value is -2.36. The van der Waals surface area contributed by atoms with Crippen molar-refractivity contribution < 1.29 is 18.0 Å². The maximum Gasteiger partial charge on any atom is 0.416 e. The first-order valence-corrected chi connectivity index (χ1v) is 4.84. The van der Waals surface area contributed by atoms with Gasteiger partial charge in [-0.25, -0.2) is 4.79 Å². The molecule has 1 aromatic carbocycles. The fourth-order valence-corrected chi connectivity index (χ4v) is 1.05. The first kappa shape index (κ1) is 13.7. The molecule has 3 N–H and O–H groups in total. The molecule has 0 spiro atoms. The first-order chi connectivity index (χ1) is 8.43. The van der Waals surface area contributed by atoms with Gasteiger partial charge in [-0.1, -0.05) is 5.92 Å². The van der Waals surface area contributed by atoms with Crippen LogP contribution in [-0.4, -0.2) is 12.6 Å². The normalized spacial score (nSPS) is 10.3. The van der Waals surface area contributed by atoms with Crippen molar-refractivity contribution >= 4 is 11.7 Å². The molecule has 0 atom stereocenters. The Labute approximate surface area is 102 Å². The molecule has 4 nitrogen and oxygen atoms in total. The molecule has 0 bridgehead atoms. The molecular weight excluding hydrogens is 247 g/mol. The van der Waals surface area contributed by atoms with E-state index in [1.54, 1.807) is 0 Å². The van der Waals surface area contributed by atoms with Gasteiger partial charge in [-0.05, 0) is 24.3 Å². The Balaban J connectivity index is 2.50. The van der Waals surface area contributed by atoms with Gasteiger partial charge in [0.05, 0.1) is 17.8 Å². The summed E-state index contributed by atoms with van der Waals surface area (Å²) < 4.78 is 36.8. The number of carbonyl (C=O) groups is 1. The molecule has 0 aliphatic carbocycles. The summed E-state index contributed by atoms with van der Waals surface area (Å²) in [6.07, 6.45) is 0.543. The third kappa shape index (κ3) is 4.25. The highest BCUT2D eigenvalue weighted by atomic mass is 19.4. The van der Waals surface area contributed by atoms with Gasteiger partial charge in [0.1, 0.15) is 0 Å². The number of terminal acetylenes is 1. The predicted octanol–water partition coefficient (Wildman–Crippen LogP) is 1.96. The van der Waals surface area contributed by atoms with E-state index in [4.69, 9.17) is 6.42 Å². The highest BCUT2D eigenvalue weighted by Gasteiger charge is 2.29. The number of benzene rings is 1. The topological polar surface area (TPSA) is 53.2 Å². The molecule has 1 aromatic rings. The maximum atomic E-state index is 12.3. The Bertz CT molecular complexity index is 448. The van der Waals surface area contributed by atoms with Crippen LogP contribution in [0.2, 0.25) is 0 Å². The second kappa shape index (κ2) is 5.82. The lowest BCUT2D eigenvalue weighted by Crippen LogP contribution is -2.39. The van der Waals surface area contributed by atoms with Gasteiger partial charge in [0.15, 0.2) is 0 Å². The van der Waals surface area contributed by atoms with Crippen LogP contribution in [0.1, 0.15) is 5.56 Å². The van der Waals surface area contributed by atoms with Crippen molar-refractivity contribution in [2.24, 2.45) is 0 Å². The van der Waals surface area contributed by atoms with Gasteiger partial charge in [0, 0.05) is 0 Å². The summed E-state index contributed by atoms with van der Waals surface area (Å²) in [6.45, 7) is 0.0561. The third-order valence-corrected chi connectivity index (χ3v) is 1.88. The van der Waals surface area contributed by atoms with E-state index in [2.05, 4.69) is 22.1 Å². The van der Waals surface area contributed by atoms with E-state index in [1.807, 2.05) is 0 Å². The van der Waals surface area contributed by atoms with Gasteiger partial charge >= 0.3 is 12.2 Å². The summed E-state index contributed by atoms with van der Waals surface area (Å²) in [5, 5.41) is 2.31. The summed E-state index contributed by atoms with van der Waals surface area (Å²) in [5.74, 6) is 2.20. The Morgan fingerprint density at radius 2 is 1.89 bits per heavy atom. The zero-order valence-corrected chi connectivity index (χ0v) is 9.14. The molecule has 0 aliphatic rings. The van der Waals surface area contributed by atoms with Crippen LogP contribution in [0.3, 0.4) is 0 Å². The average molecular weight is 257 g/mol. The molecule has 0 radical (unpaired) electrons. The molecule has 0 heterocycles. The van der Waals surface area contributed by atoms with Gasteiger partial charge in [0.2, 0.25) is 0 Å². The number of amides is 2. The molecule has 96 valence electrons. The van der Waals surface area contributed by atoms with Crippen LogP contribution in [0.15, 0.2) is 24.3 Å². The van der Waals surface area contributed by atoms with Crippen LogP contribution in [-0.2, 0) is 6.18 Å². The summed E-state index contributed by atoms with van der Waals surface area (Å²) in [5.41, 5.74) is 4.21. The molecule has 18 heavy (non-hydrogen) atoms. The van der Waals surface area contributed by atoms with Crippen molar-refractivity contribution in [2.45, 2.75) is 6.18 Å². The largest absolute Gasteiger partial charge is 0.416 e. The summed E-state index contributed by atoms with van der Waals surface area (Å²) in [4.78, 5) is 11.0. The van der Waals surface area contributed by atoms with E-state index in [0.717, 1.165) is 12.1 Å². The fourth-order valence-electron chi connectivity index (χ4n) is 1.05. The number of hydrogen-bond acceptors (Lipinski definition) is 2. The van der Waals surface area contributed by atoms with Crippen molar-refractivity contribution in [2.75, 3.05) is 12.0 Å². The van der Waals surface area contributed by atoms with Gasteiger partial charge < -0.3 is 5.32 Å². The smallest absolute Gasteiger partial charge is 0.326 e. The number of rotatable bonds is 3. The predicted molar refractivity (Wildman–Crippen MR) is 60.4 cm³/mol. The van der Waals surface area contributed by atoms with E-state index < -0.39 is 17.8 Å². The number of urea groups is 1. The fraction of sp³-hybridized carbons (Fsp3) is 0.182. The van der Waals surface area contributed by atoms with Crippen molar-refractivity contribution in [1.29, 1.82) is 0 Å². The van der Waals surface area contributed by atoms with Crippen molar-refractivity contribution in [1.82, 2.24) is 10.7 Å². The molecule has 0 unspecified atom stereocenters. The Morgan fingerprint density at radius 1 is 1.28 bits per heavy atom. The van der Waals surface area contributed by atoms with Gasteiger partial charge in [-0.15, -0.1) is 6.42 Å². The van der Waals surface area contributed by atoms with Crippen LogP contribution in [0.25, 0.3) is 0 Å². The highest BCUT2D eigenvalue weighted by molar-refractivity contribution is 5.75. The van der Waals surface area contributed by atoms with Gasteiger partial charge in [-0.3, -0.25) is 10.9 Å². The van der Waals surface area contributed by atoms with E-state index in [1.165, 1.54) is 12.1 Å². The SMILES string of the molecule is C#CCNC(=O)NNc1ccc(C(F)(F)F)cc1. The van der Waals surface area contributed by atoms with E-state index in [-0.39, 0.29) is 6.54 Å². The molecule has 2 amide bonds. The maximum absolute atomic E-state index is 12.3. The van der Waals surface area contributed by atoms with E-state index >= 15 is 0 Å². The van der Waals surface area contributed by atoms with E-state index in [0.29, 0.717) is 5.69 Å². The van der Waals surface area contributed by atoms with Crippen LogP contribution >= 0.6 is 0 Å². The lowest BCUT2D eigenvalue weighted by Gasteiger charge is -2.10. The molecule has 0 aromatic heterocycles. The number of hydrogen-bond donors (Lipinski definition) is 3. The van der Waals surface area contributed by atoms with Crippen LogP contribution < -0.4 is 16.2 Å². The lowest BCUT2D eigenvalue weighted by atomic mass is 10.2. The monoisotopic (exact) mass is 257 g/mol. The first-order valence-electron chi connectivity index (χ1n) is 4.84. The quantitative estimate of drug-likeness (QED) is 0.572. The molecule has 0 saturated carbocycles. The lowest BCUT2D eigenvalue weighted by molar-refractivity contribution is -0.137. The zero-order chi connectivity index (χ0) is 13.6. The van der Waals surface area contributed by atoms with Crippen molar-refractivity contribution in [3.05, 3.63) is 29.8 Å². The van der Waals surface area contributed by atoms with Crippen molar-refractivity contribution in [3.63, 3.8) is 0 Å². The minimum absolute atomic E-state index is 0.0561. The molecular formula is C11H10F3N3O. The Kier molecular flexibility index (Phi) is 4.43.